The minimum Gasteiger partial charge on any atom is -0.393 e. The molecule has 28 heavy (non-hydrogen) atoms. The molecule has 0 bridgehead atoms. The molecule has 0 saturated heterocycles. The standard InChI is InChI=1S/C20H27N7O/c28-17-8-4-7-16(9-17)26-11-15(10-22-26)24-19-20-21-13-23-27(20)12-18(25-19)14-5-2-1-3-6-14/h10-14,16-17,28H,1-9H2,(H,24,25)/t16-,17+/m0/s1. The van der Waals surface area contributed by atoms with Crippen molar-refractivity contribution in [1.82, 2.24) is 29.4 Å². The molecule has 2 atom stereocenters. The molecule has 2 N–H and O–H groups in total. The average Bonchev–Trinajstić information content (AvgIpc) is 3.38. The Balaban J connectivity index is 1.41. The molecular formula is C20H27N7O. The normalized spacial score (nSPS) is 23.9. The van der Waals surface area contributed by atoms with E-state index in [1.807, 2.05) is 27.8 Å². The van der Waals surface area contributed by atoms with Crippen LogP contribution in [0.4, 0.5) is 11.5 Å². The fourth-order valence-corrected chi connectivity index (χ4v) is 4.64. The Labute approximate surface area is 164 Å². The van der Waals surface area contributed by atoms with Crippen molar-refractivity contribution in [3.8, 4) is 0 Å². The van der Waals surface area contributed by atoms with E-state index in [1.165, 1.54) is 32.1 Å². The topological polar surface area (TPSA) is 93.2 Å². The summed E-state index contributed by atoms with van der Waals surface area (Å²) in [5.74, 6) is 1.22. The van der Waals surface area contributed by atoms with Gasteiger partial charge in [0.2, 0.25) is 0 Å². The van der Waals surface area contributed by atoms with Crippen molar-refractivity contribution in [1.29, 1.82) is 0 Å². The van der Waals surface area contributed by atoms with Gasteiger partial charge in [0.05, 0.1) is 35.9 Å². The van der Waals surface area contributed by atoms with Crippen LogP contribution in [0.3, 0.4) is 0 Å². The van der Waals surface area contributed by atoms with Crippen LogP contribution >= 0.6 is 0 Å². The highest BCUT2D eigenvalue weighted by Crippen LogP contribution is 2.33. The number of rotatable bonds is 4. The highest BCUT2D eigenvalue weighted by molar-refractivity contribution is 5.68. The Morgan fingerprint density at radius 3 is 2.75 bits per heavy atom. The summed E-state index contributed by atoms with van der Waals surface area (Å²) in [4.78, 5) is 9.29. The zero-order valence-electron chi connectivity index (χ0n) is 16.0. The van der Waals surface area contributed by atoms with Crippen molar-refractivity contribution in [2.45, 2.75) is 75.9 Å². The van der Waals surface area contributed by atoms with Crippen LogP contribution in [0.1, 0.15) is 75.4 Å². The number of fused-ring (bicyclic) bond motifs is 1. The summed E-state index contributed by atoms with van der Waals surface area (Å²) in [6.45, 7) is 0. The molecule has 8 nitrogen and oxygen atoms in total. The summed E-state index contributed by atoms with van der Waals surface area (Å²) in [5, 5.41) is 22.2. The quantitative estimate of drug-likeness (QED) is 0.717. The zero-order chi connectivity index (χ0) is 18.9. The Bertz CT molecular complexity index is 943. The maximum absolute atomic E-state index is 9.95. The van der Waals surface area contributed by atoms with E-state index in [1.54, 1.807) is 6.33 Å². The minimum atomic E-state index is -0.219. The molecule has 148 valence electrons. The smallest absolute Gasteiger partial charge is 0.198 e. The second kappa shape index (κ2) is 7.50. The van der Waals surface area contributed by atoms with E-state index < -0.39 is 0 Å². The Morgan fingerprint density at radius 2 is 1.89 bits per heavy atom. The van der Waals surface area contributed by atoms with Crippen LogP contribution in [0.25, 0.3) is 5.65 Å². The molecule has 0 amide bonds. The molecular weight excluding hydrogens is 354 g/mol. The number of hydrogen-bond donors (Lipinski definition) is 2. The summed E-state index contributed by atoms with van der Waals surface area (Å²) < 4.78 is 3.79. The van der Waals surface area contributed by atoms with Gasteiger partial charge in [-0.2, -0.15) is 10.2 Å². The van der Waals surface area contributed by atoms with Gasteiger partial charge in [-0.3, -0.25) is 4.68 Å². The van der Waals surface area contributed by atoms with Gasteiger partial charge in [-0.05, 0) is 38.5 Å². The van der Waals surface area contributed by atoms with E-state index in [-0.39, 0.29) is 12.1 Å². The van der Waals surface area contributed by atoms with E-state index in [9.17, 15) is 5.11 Å². The van der Waals surface area contributed by atoms with Crippen molar-refractivity contribution >= 4 is 17.2 Å². The number of nitrogens with one attached hydrogen (secondary N) is 1. The first-order valence-corrected chi connectivity index (χ1v) is 10.5. The predicted molar refractivity (Wildman–Crippen MR) is 106 cm³/mol. The van der Waals surface area contributed by atoms with Gasteiger partial charge < -0.3 is 10.4 Å². The fourth-order valence-electron chi connectivity index (χ4n) is 4.64. The van der Waals surface area contributed by atoms with Crippen LogP contribution in [0.5, 0.6) is 0 Å². The molecule has 3 aromatic heterocycles. The number of anilines is 2. The first kappa shape index (κ1) is 17.6. The summed E-state index contributed by atoms with van der Waals surface area (Å²) in [7, 11) is 0. The summed E-state index contributed by atoms with van der Waals surface area (Å²) in [6, 6.07) is 0.258. The third-order valence-corrected chi connectivity index (χ3v) is 6.16. The van der Waals surface area contributed by atoms with Crippen molar-refractivity contribution < 1.29 is 5.11 Å². The van der Waals surface area contributed by atoms with E-state index in [0.29, 0.717) is 5.92 Å². The van der Waals surface area contributed by atoms with Crippen LogP contribution < -0.4 is 5.32 Å². The van der Waals surface area contributed by atoms with Gasteiger partial charge in [0.25, 0.3) is 0 Å². The molecule has 2 aliphatic carbocycles. The molecule has 3 aromatic rings. The highest BCUT2D eigenvalue weighted by Gasteiger charge is 2.23. The highest BCUT2D eigenvalue weighted by atomic mass is 16.3. The number of nitrogens with zero attached hydrogens (tertiary/aromatic N) is 6. The molecule has 5 rings (SSSR count). The Kier molecular flexibility index (Phi) is 4.72. The Morgan fingerprint density at radius 1 is 1.00 bits per heavy atom. The van der Waals surface area contributed by atoms with Crippen LogP contribution in [0.15, 0.2) is 24.9 Å². The monoisotopic (exact) mass is 381 g/mol. The number of aliphatic hydroxyl groups is 1. The summed E-state index contributed by atoms with van der Waals surface area (Å²) in [5.41, 5.74) is 2.70. The third kappa shape index (κ3) is 3.48. The fraction of sp³-hybridized carbons (Fsp3) is 0.600. The molecule has 2 fully saturated rings. The van der Waals surface area contributed by atoms with Crippen molar-refractivity contribution in [2.24, 2.45) is 0 Å². The lowest BCUT2D eigenvalue weighted by Gasteiger charge is -2.25. The molecule has 2 saturated carbocycles. The van der Waals surface area contributed by atoms with Gasteiger partial charge in [-0.25, -0.2) is 14.5 Å². The van der Waals surface area contributed by atoms with Gasteiger partial charge in [0.15, 0.2) is 11.5 Å². The van der Waals surface area contributed by atoms with E-state index in [4.69, 9.17) is 4.98 Å². The first-order valence-electron chi connectivity index (χ1n) is 10.5. The molecule has 0 aromatic carbocycles. The molecule has 0 radical (unpaired) electrons. The number of aliphatic hydroxyl groups excluding tert-OH is 1. The van der Waals surface area contributed by atoms with Gasteiger partial charge in [0.1, 0.15) is 6.33 Å². The molecule has 0 unspecified atom stereocenters. The van der Waals surface area contributed by atoms with Gasteiger partial charge in [-0.15, -0.1) is 0 Å². The van der Waals surface area contributed by atoms with Gasteiger partial charge in [0, 0.05) is 12.1 Å². The zero-order valence-corrected chi connectivity index (χ0v) is 16.0. The maximum Gasteiger partial charge on any atom is 0.198 e. The third-order valence-electron chi connectivity index (χ3n) is 6.16. The number of aromatic nitrogens is 6. The van der Waals surface area contributed by atoms with E-state index in [0.717, 1.165) is 48.5 Å². The second-order valence-corrected chi connectivity index (χ2v) is 8.19. The molecule has 2 aliphatic rings. The van der Waals surface area contributed by atoms with E-state index in [2.05, 4.69) is 20.5 Å². The predicted octanol–water partition coefficient (Wildman–Crippen LogP) is 3.59. The van der Waals surface area contributed by atoms with Gasteiger partial charge in [-0.1, -0.05) is 19.3 Å². The van der Waals surface area contributed by atoms with Gasteiger partial charge >= 0.3 is 0 Å². The molecule has 0 aliphatic heterocycles. The molecule has 8 heteroatoms. The summed E-state index contributed by atoms with van der Waals surface area (Å²) in [6.07, 6.45) is 17.2. The molecule has 0 spiro atoms. The lowest BCUT2D eigenvalue weighted by molar-refractivity contribution is 0.100. The number of hydrogen-bond acceptors (Lipinski definition) is 6. The van der Waals surface area contributed by atoms with E-state index >= 15 is 0 Å². The lowest BCUT2D eigenvalue weighted by atomic mass is 9.87. The minimum absolute atomic E-state index is 0.219. The van der Waals surface area contributed by atoms with Crippen molar-refractivity contribution in [3.63, 3.8) is 0 Å². The van der Waals surface area contributed by atoms with Crippen molar-refractivity contribution in [2.75, 3.05) is 5.32 Å². The first-order chi connectivity index (χ1) is 13.8. The molecule has 3 heterocycles. The summed E-state index contributed by atoms with van der Waals surface area (Å²) >= 11 is 0. The largest absolute Gasteiger partial charge is 0.393 e. The lowest BCUT2D eigenvalue weighted by Crippen LogP contribution is -2.22. The van der Waals surface area contributed by atoms with Crippen LogP contribution in [0, 0.1) is 0 Å². The second-order valence-electron chi connectivity index (χ2n) is 8.19. The van der Waals surface area contributed by atoms with Crippen LogP contribution in [-0.4, -0.2) is 40.6 Å². The maximum atomic E-state index is 9.95. The average molecular weight is 381 g/mol. The van der Waals surface area contributed by atoms with Crippen LogP contribution in [0.2, 0.25) is 0 Å². The SMILES string of the molecule is O[C@@H]1CCC[C@H](n2cc(Nc3nc(C4CCCCC4)cn4ncnc34)cn2)C1. The van der Waals surface area contributed by atoms with Crippen molar-refractivity contribution in [3.05, 3.63) is 30.6 Å². The van der Waals surface area contributed by atoms with Crippen LogP contribution in [-0.2, 0) is 0 Å². The Hall–Kier alpha value is -2.48.